The summed E-state index contributed by atoms with van der Waals surface area (Å²) in [4.78, 5) is 0. The summed E-state index contributed by atoms with van der Waals surface area (Å²) in [6.07, 6.45) is 4.87. The van der Waals surface area contributed by atoms with Crippen molar-refractivity contribution in [2.75, 3.05) is 26.1 Å². The maximum atomic E-state index is 5.77. The highest BCUT2D eigenvalue weighted by molar-refractivity contribution is 6.18. The van der Waals surface area contributed by atoms with Gasteiger partial charge in [-0.15, -0.1) is 11.6 Å². The van der Waals surface area contributed by atoms with Gasteiger partial charge in [-0.05, 0) is 18.5 Å². The van der Waals surface area contributed by atoms with E-state index in [1.54, 1.807) is 7.11 Å². The van der Waals surface area contributed by atoms with E-state index in [0.717, 1.165) is 13.0 Å². The van der Waals surface area contributed by atoms with Crippen molar-refractivity contribution in [1.82, 2.24) is 15.1 Å². The molecule has 0 saturated heterocycles. The molecule has 15 heavy (non-hydrogen) atoms. The van der Waals surface area contributed by atoms with Gasteiger partial charge in [-0.25, -0.2) is 0 Å². The van der Waals surface area contributed by atoms with Crippen LogP contribution >= 0.6 is 11.6 Å². The third-order valence-electron chi connectivity index (χ3n) is 2.16. The molecule has 0 spiro atoms. The average Bonchev–Trinajstić information content (AvgIpc) is 2.63. The van der Waals surface area contributed by atoms with Crippen LogP contribution in [0.15, 0.2) is 12.4 Å². The predicted octanol–water partition coefficient (Wildman–Crippen LogP) is 0.806. The van der Waals surface area contributed by atoms with Crippen LogP contribution < -0.4 is 5.32 Å². The van der Waals surface area contributed by atoms with Gasteiger partial charge in [-0.1, -0.05) is 0 Å². The van der Waals surface area contributed by atoms with Crippen LogP contribution in [0, 0.1) is 0 Å². The Morgan fingerprint density at radius 1 is 1.67 bits per heavy atom. The number of methoxy groups -OCH3 is 1. The van der Waals surface area contributed by atoms with Crippen LogP contribution in [0.1, 0.15) is 5.56 Å². The van der Waals surface area contributed by atoms with E-state index in [1.807, 2.05) is 24.1 Å². The van der Waals surface area contributed by atoms with Crippen LogP contribution in [0.4, 0.5) is 0 Å². The molecule has 1 heterocycles. The molecule has 0 aliphatic rings. The summed E-state index contributed by atoms with van der Waals surface area (Å²) in [5, 5.41) is 7.44. The van der Waals surface area contributed by atoms with Crippen LogP contribution in [0.2, 0.25) is 0 Å². The number of aromatic nitrogens is 2. The molecule has 1 rings (SSSR count). The summed E-state index contributed by atoms with van der Waals surface area (Å²) in [5.74, 6) is 0.570. The number of nitrogens with one attached hydrogen (secondary N) is 1. The second kappa shape index (κ2) is 6.82. The highest BCUT2D eigenvalue weighted by atomic mass is 35.5. The van der Waals surface area contributed by atoms with E-state index in [9.17, 15) is 0 Å². The molecule has 0 bridgehead atoms. The number of nitrogens with zero attached hydrogens (tertiary/aromatic N) is 2. The van der Waals surface area contributed by atoms with Gasteiger partial charge in [0.25, 0.3) is 0 Å². The van der Waals surface area contributed by atoms with E-state index in [2.05, 4.69) is 10.4 Å². The number of hydrogen-bond acceptors (Lipinski definition) is 3. The van der Waals surface area contributed by atoms with Gasteiger partial charge >= 0.3 is 0 Å². The smallest absolute Gasteiger partial charge is 0.0627 e. The van der Waals surface area contributed by atoms with Crippen LogP contribution in [0.25, 0.3) is 0 Å². The minimum absolute atomic E-state index is 0.230. The lowest BCUT2D eigenvalue weighted by Crippen LogP contribution is -2.36. The Hall–Kier alpha value is -0.580. The Morgan fingerprint density at radius 2 is 2.47 bits per heavy atom. The van der Waals surface area contributed by atoms with Crippen LogP contribution in [-0.4, -0.2) is 42.0 Å². The summed E-state index contributed by atoms with van der Waals surface area (Å²) < 4.78 is 6.85. The minimum Gasteiger partial charge on any atom is -0.383 e. The zero-order valence-corrected chi connectivity index (χ0v) is 10.00. The molecule has 0 amide bonds. The van der Waals surface area contributed by atoms with Gasteiger partial charge in [0.2, 0.25) is 0 Å². The molecule has 0 radical (unpaired) electrons. The molecule has 0 fully saturated rings. The molecule has 5 heteroatoms. The van der Waals surface area contributed by atoms with Crippen molar-refractivity contribution in [3.05, 3.63) is 18.0 Å². The Kier molecular flexibility index (Phi) is 5.68. The van der Waals surface area contributed by atoms with E-state index in [0.29, 0.717) is 12.5 Å². The molecule has 1 aromatic heterocycles. The summed E-state index contributed by atoms with van der Waals surface area (Å²) in [7, 11) is 3.60. The van der Waals surface area contributed by atoms with Crippen LogP contribution in [0.5, 0.6) is 0 Å². The minimum atomic E-state index is 0.230. The maximum absolute atomic E-state index is 5.77. The zero-order valence-electron chi connectivity index (χ0n) is 9.24. The van der Waals surface area contributed by atoms with E-state index in [1.165, 1.54) is 5.56 Å². The Bertz CT molecular complexity index is 277. The van der Waals surface area contributed by atoms with Gasteiger partial charge in [-0.3, -0.25) is 4.68 Å². The second-order valence-electron chi connectivity index (χ2n) is 3.53. The first-order valence-electron chi connectivity index (χ1n) is 5.02. The van der Waals surface area contributed by atoms with Gasteiger partial charge < -0.3 is 10.1 Å². The molecular weight excluding hydrogens is 214 g/mol. The summed E-state index contributed by atoms with van der Waals surface area (Å²) in [5.41, 5.74) is 1.23. The predicted molar refractivity (Wildman–Crippen MR) is 61.3 cm³/mol. The largest absolute Gasteiger partial charge is 0.383 e. The van der Waals surface area contributed by atoms with Crippen molar-refractivity contribution in [3.63, 3.8) is 0 Å². The van der Waals surface area contributed by atoms with Gasteiger partial charge in [0.15, 0.2) is 0 Å². The van der Waals surface area contributed by atoms with Gasteiger partial charge in [0.05, 0.1) is 12.8 Å². The standard InChI is InChI=1S/C10H18ClN3O/c1-14-7-9(6-13-14)3-4-12-10(5-11)8-15-2/h6-7,10,12H,3-5,8H2,1-2H3. The van der Waals surface area contributed by atoms with Crippen molar-refractivity contribution in [2.24, 2.45) is 7.05 Å². The maximum Gasteiger partial charge on any atom is 0.0627 e. The molecule has 4 nitrogen and oxygen atoms in total. The monoisotopic (exact) mass is 231 g/mol. The molecule has 1 atom stereocenters. The van der Waals surface area contributed by atoms with Gasteiger partial charge in [-0.2, -0.15) is 5.10 Å². The normalized spacial score (nSPS) is 13.0. The molecule has 86 valence electrons. The zero-order chi connectivity index (χ0) is 11.1. The second-order valence-corrected chi connectivity index (χ2v) is 3.84. The Labute approximate surface area is 95.6 Å². The van der Waals surface area contributed by atoms with Gasteiger partial charge in [0.1, 0.15) is 0 Å². The van der Waals surface area contributed by atoms with Crippen LogP contribution in [-0.2, 0) is 18.2 Å². The SMILES string of the molecule is COCC(CCl)NCCc1cnn(C)c1. The van der Waals surface area contributed by atoms with Crippen LogP contribution in [0.3, 0.4) is 0 Å². The fraction of sp³-hybridized carbons (Fsp3) is 0.700. The number of halogens is 1. The third-order valence-corrected chi connectivity index (χ3v) is 2.53. The third kappa shape index (κ3) is 4.64. The molecule has 1 aromatic rings. The lowest BCUT2D eigenvalue weighted by atomic mass is 10.2. The first-order valence-corrected chi connectivity index (χ1v) is 5.55. The van der Waals surface area contributed by atoms with E-state index in [4.69, 9.17) is 16.3 Å². The lowest BCUT2D eigenvalue weighted by Gasteiger charge is -2.14. The highest BCUT2D eigenvalue weighted by Crippen LogP contribution is 1.97. The number of rotatable bonds is 7. The molecule has 0 aromatic carbocycles. The molecular formula is C10H18ClN3O. The van der Waals surface area contributed by atoms with Crippen molar-refractivity contribution in [1.29, 1.82) is 0 Å². The first kappa shape index (κ1) is 12.5. The first-order chi connectivity index (χ1) is 7.26. The lowest BCUT2D eigenvalue weighted by molar-refractivity contribution is 0.173. The Morgan fingerprint density at radius 3 is 3.00 bits per heavy atom. The van der Waals surface area contributed by atoms with Crippen molar-refractivity contribution in [2.45, 2.75) is 12.5 Å². The van der Waals surface area contributed by atoms with Crippen molar-refractivity contribution >= 4 is 11.6 Å². The quantitative estimate of drug-likeness (QED) is 0.706. The van der Waals surface area contributed by atoms with Crippen molar-refractivity contribution in [3.8, 4) is 0 Å². The summed E-state index contributed by atoms with van der Waals surface area (Å²) in [6, 6.07) is 0.230. The number of hydrogen-bond donors (Lipinski definition) is 1. The van der Waals surface area contributed by atoms with E-state index >= 15 is 0 Å². The molecule has 1 unspecified atom stereocenters. The number of ether oxygens (including phenoxy) is 1. The van der Waals surface area contributed by atoms with Gasteiger partial charge in [0, 0.05) is 32.3 Å². The summed E-state index contributed by atoms with van der Waals surface area (Å²) >= 11 is 5.77. The number of alkyl halides is 1. The molecule has 0 aliphatic carbocycles. The molecule has 0 saturated carbocycles. The molecule has 0 aliphatic heterocycles. The fourth-order valence-electron chi connectivity index (χ4n) is 1.38. The van der Waals surface area contributed by atoms with E-state index in [-0.39, 0.29) is 6.04 Å². The van der Waals surface area contributed by atoms with Crippen molar-refractivity contribution < 1.29 is 4.74 Å². The topological polar surface area (TPSA) is 39.1 Å². The summed E-state index contributed by atoms with van der Waals surface area (Å²) in [6.45, 7) is 1.54. The fourth-order valence-corrected chi connectivity index (χ4v) is 1.58. The average molecular weight is 232 g/mol. The Balaban J connectivity index is 2.20. The number of aryl methyl sites for hydroxylation is 1. The highest BCUT2D eigenvalue weighted by Gasteiger charge is 2.05. The molecule has 1 N–H and O–H groups in total. The van der Waals surface area contributed by atoms with E-state index < -0.39 is 0 Å².